The third-order valence-electron chi connectivity index (χ3n) is 7.72. The molecule has 0 saturated carbocycles. The van der Waals surface area contributed by atoms with Crippen LogP contribution in [0.15, 0.2) is 42.0 Å². The van der Waals surface area contributed by atoms with Crippen molar-refractivity contribution < 1.29 is 4.79 Å². The summed E-state index contributed by atoms with van der Waals surface area (Å²) in [6.45, 7) is 14.5. The smallest absolute Gasteiger partial charge is 0.272 e. The fourth-order valence-corrected chi connectivity index (χ4v) is 5.32. The predicted molar refractivity (Wildman–Crippen MR) is 150 cm³/mol. The highest BCUT2D eigenvalue weighted by molar-refractivity contribution is 6.01. The van der Waals surface area contributed by atoms with Gasteiger partial charge in [0.1, 0.15) is 5.69 Å². The number of benzene rings is 1. The summed E-state index contributed by atoms with van der Waals surface area (Å²) in [7, 11) is 2.11. The molecule has 4 heterocycles. The summed E-state index contributed by atoms with van der Waals surface area (Å²) in [5.74, 6) is 0.987. The van der Waals surface area contributed by atoms with E-state index < -0.39 is 0 Å². The molecule has 0 unspecified atom stereocenters. The van der Waals surface area contributed by atoms with Gasteiger partial charge in [-0.2, -0.15) is 0 Å². The van der Waals surface area contributed by atoms with Crippen LogP contribution in [0.5, 0.6) is 0 Å². The van der Waals surface area contributed by atoms with Crippen molar-refractivity contribution in [3.05, 3.63) is 70.1 Å². The Kier molecular flexibility index (Phi) is 7.76. The van der Waals surface area contributed by atoms with Crippen molar-refractivity contribution in [2.75, 3.05) is 44.7 Å². The van der Waals surface area contributed by atoms with E-state index in [0.717, 1.165) is 69.0 Å². The third kappa shape index (κ3) is 4.89. The molecule has 3 aromatic rings. The molecular formula is C29H38ClN5O. The molecular weight excluding hydrogens is 470 g/mol. The van der Waals surface area contributed by atoms with Crippen LogP contribution in [0.4, 0.5) is 5.82 Å². The van der Waals surface area contributed by atoms with Crippen LogP contribution in [-0.4, -0.2) is 65.0 Å². The fraction of sp³-hybridized carbons (Fsp3) is 0.448. The second-order valence-electron chi connectivity index (χ2n) is 10.4. The Bertz CT molecular complexity index is 1300. The predicted octanol–water partition coefficient (Wildman–Crippen LogP) is 4.99. The minimum atomic E-state index is 0. The molecule has 2 aliphatic rings. The fourth-order valence-electron chi connectivity index (χ4n) is 5.32. The van der Waals surface area contributed by atoms with Gasteiger partial charge in [0.05, 0.1) is 5.52 Å². The van der Waals surface area contributed by atoms with Gasteiger partial charge in [-0.05, 0) is 63.9 Å². The molecule has 36 heavy (non-hydrogen) atoms. The van der Waals surface area contributed by atoms with Crippen molar-refractivity contribution in [3.8, 4) is 0 Å². The second-order valence-corrected chi connectivity index (χ2v) is 10.4. The molecule has 0 atom stereocenters. The number of aryl methyl sites for hydroxylation is 1. The summed E-state index contributed by atoms with van der Waals surface area (Å²) in [6, 6.07) is 10.7. The second kappa shape index (κ2) is 10.7. The van der Waals surface area contributed by atoms with E-state index in [1.54, 1.807) is 0 Å². The van der Waals surface area contributed by atoms with Crippen molar-refractivity contribution in [2.45, 2.75) is 47.2 Å². The van der Waals surface area contributed by atoms with Crippen LogP contribution in [0.1, 0.15) is 46.7 Å². The number of carbonyl (C=O) groups excluding carboxylic acids is 1. The third-order valence-corrected chi connectivity index (χ3v) is 7.72. The van der Waals surface area contributed by atoms with Gasteiger partial charge in [0.25, 0.3) is 5.91 Å². The molecule has 0 bridgehead atoms. The minimum Gasteiger partial charge on any atom is -0.350 e. The van der Waals surface area contributed by atoms with Crippen LogP contribution in [0.2, 0.25) is 0 Å². The molecule has 6 nitrogen and oxygen atoms in total. The Labute approximate surface area is 221 Å². The van der Waals surface area contributed by atoms with Gasteiger partial charge < -0.3 is 19.3 Å². The van der Waals surface area contributed by atoms with Crippen molar-refractivity contribution in [2.24, 2.45) is 0 Å². The number of hydrogen-bond donors (Lipinski definition) is 0. The number of carbonyl (C=O) groups is 1. The molecule has 1 aromatic carbocycles. The normalized spacial score (nSPS) is 16.0. The Morgan fingerprint density at radius 3 is 2.42 bits per heavy atom. The first kappa shape index (κ1) is 26.2. The Morgan fingerprint density at radius 1 is 1.03 bits per heavy atom. The van der Waals surface area contributed by atoms with Crippen molar-refractivity contribution in [1.82, 2.24) is 19.4 Å². The maximum atomic E-state index is 13.6. The van der Waals surface area contributed by atoms with Gasteiger partial charge in [-0.15, -0.1) is 12.4 Å². The van der Waals surface area contributed by atoms with Gasteiger partial charge in [-0.1, -0.05) is 35.9 Å². The standard InChI is InChI=1S/C29H37N5O.ClH/c1-20(2)10-13-34-22(4)21(3)25-18-26(29(35)32-16-14-31(5)15-17-32)30-28(27(25)34)33-12-11-23-8-6-7-9-24(23)19-33;/h6-10,18H,11-17,19H2,1-5H3;1H. The molecule has 1 amide bonds. The zero-order valence-corrected chi connectivity index (χ0v) is 23.0. The van der Waals surface area contributed by atoms with Crippen LogP contribution < -0.4 is 4.90 Å². The first-order chi connectivity index (χ1) is 16.8. The van der Waals surface area contributed by atoms with E-state index in [1.807, 2.05) is 11.0 Å². The molecule has 0 N–H and O–H groups in total. The van der Waals surface area contributed by atoms with E-state index in [9.17, 15) is 4.79 Å². The van der Waals surface area contributed by atoms with E-state index in [2.05, 4.69) is 79.5 Å². The Balaban J connectivity index is 0.00000304. The van der Waals surface area contributed by atoms with Crippen molar-refractivity contribution >= 4 is 35.0 Å². The maximum Gasteiger partial charge on any atom is 0.272 e. The van der Waals surface area contributed by atoms with Gasteiger partial charge in [-0.25, -0.2) is 4.98 Å². The number of piperazine rings is 1. The van der Waals surface area contributed by atoms with Crippen molar-refractivity contribution in [3.63, 3.8) is 0 Å². The molecule has 0 spiro atoms. The van der Waals surface area contributed by atoms with Crippen molar-refractivity contribution in [1.29, 1.82) is 0 Å². The Hall–Kier alpha value is -2.83. The number of halogens is 1. The molecule has 2 aliphatic heterocycles. The lowest BCUT2D eigenvalue weighted by Crippen LogP contribution is -2.47. The molecule has 0 aliphatic carbocycles. The minimum absolute atomic E-state index is 0. The first-order valence-electron chi connectivity index (χ1n) is 12.8. The van der Waals surface area contributed by atoms with E-state index in [-0.39, 0.29) is 18.3 Å². The lowest BCUT2D eigenvalue weighted by molar-refractivity contribution is 0.0658. The summed E-state index contributed by atoms with van der Waals surface area (Å²) in [6.07, 6.45) is 3.26. The Morgan fingerprint density at radius 2 is 1.72 bits per heavy atom. The summed E-state index contributed by atoms with van der Waals surface area (Å²) in [4.78, 5) is 25.3. The largest absolute Gasteiger partial charge is 0.350 e. The highest BCUT2D eigenvalue weighted by atomic mass is 35.5. The highest BCUT2D eigenvalue weighted by Gasteiger charge is 2.27. The topological polar surface area (TPSA) is 44.6 Å². The number of pyridine rings is 1. The lowest BCUT2D eigenvalue weighted by Gasteiger charge is -2.33. The molecule has 7 heteroatoms. The number of rotatable bonds is 4. The summed E-state index contributed by atoms with van der Waals surface area (Å²) >= 11 is 0. The summed E-state index contributed by atoms with van der Waals surface area (Å²) in [5.41, 5.74) is 8.24. The zero-order chi connectivity index (χ0) is 24.7. The quantitative estimate of drug-likeness (QED) is 0.466. The van der Waals surface area contributed by atoms with Crippen LogP contribution in [-0.2, 0) is 19.5 Å². The summed E-state index contributed by atoms with van der Waals surface area (Å²) < 4.78 is 2.38. The number of nitrogens with zero attached hydrogens (tertiary/aromatic N) is 5. The van der Waals surface area contributed by atoms with Gasteiger partial charge in [-0.3, -0.25) is 4.79 Å². The van der Waals surface area contributed by atoms with Crippen LogP contribution in [0, 0.1) is 13.8 Å². The zero-order valence-electron chi connectivity index (χ0n) is 22.2. The average molecular weight is 508 g/mol. The maximum absolute atomic E-state index is 13.6. The van der Waals surface area contributed by atoms with E-state index >= 15 is 0 Å². The average Bonchev–Trinajstić information content (AvgIpc) is 3.11. The van der Waals surface area contributed by atoms with Crippen LogP contribution in [0.3, 0.4) is 0 Å². The van der Waals surface area contributed by atoms with E-state index in [0.29, 0.717) is 5.69 Å². The molecule has 2 aromatic heterocycles. The number of fused-ring (bicyclic) bond motifs is 2. The number of hydrogen-bond acceptors (Lipinski definition) is 4. The molecule has 0 radical (unpaired) electrons. The molecule has 1 fully saturated rings. The van der Waals surface area contributed by atoms with E-state index in [1.165, 1.54) is 28.0 Å². The SMILES string of the molecule is CC(C)=CCn1c(C)c(C)c2cc(C(=O)N3CCN(C)CC3)nc(N3CCc4ccccc4C3)c21.Cl. The number of anilines is 1. The number of likely N-dealkylation sites (N-methyl/N-ethyl adjacent to an activating group) is 1. The molecule has 1 saturated heterocycles. The monoisotopic (exact) mass is 507 g/mol. The number of allylic oxidation sites excluding steroid dienone is 2. The van der Waals surface area contributed by atoms with Gasteiger partial charge >= 0.3 is 0 Å². The van der Waals surface area contributed by atoms with Gasteiger partial charge in [0.2, 0.25) is 0 Å². The van der Waals surface area contributed by atoms with Crippen LogP contribution >= 0.6 is 12.4 Å². The lowest BCUT2D eigenvalue weighted by atomic mass is 10.00. The number of aromatic nitrogens is 2. The van der Waals surface area contributed by atoms with Gasteiger partial charge in [0, 0.05) is 56.9 Å². The summed E-state index contributed by atoms with van der Waals surface area (Å²) in [5, 5.41) is 1.14. The molecule has 5 rings (SSSR count). The number of amides is 1. The first-order valence-corrected chi connectivity index (χ1v) is 12.8. The highest BCUT2D eigenvalue weighted by Crippen LogP contribution is 2.35. The molecule has 192 valence electrons. The van der Waals surface area contributed by atoms with Gasteiger partial charge in [0.15, 0.2) is 5.82 Å². The van der Waals surface area contributed by atoms with Crippen LogP contribution in [0.25, 0.3) is 10.9 Å². The van der Waals surface area contributed by atoms with E-state index in [4.69, 9.17) is 4.98 Å².